The van der Waals surface area contributed by atoms with E-state index in [0.717, 1.165) is 56.7 Å². The Morgan fingerprint density at radius 2 is 1.78 bits per heavy atom. The Bertz CT molecular complexity index is 908. The molecule has 0 unspecified atom stereocenters. The summed E-state index contributed by atoms with van der Waals surface area (Å²) in [5.74, 6) is 1.79. The Labute approximate surface area is 191 Å². The molecule has 1 aromatic heterocycles. The van der Waals surface area contributed by atoms with E-state index in [1.54, 1.807) is 0 Å². The molecule has 7 heteroatoms. The molecular formula is C25H36N6O. The van der Waals surface area contributed by atoms with E-state index < -0.39 is 0 Å². The van der Waals surface area contributed by atoms with E-state index in [9.17, 15) is 4.79 Å². The van der Waals surface area contributed by atoms with Gasteiger partial charge in [0.05, 0.1) is 5.69 Å². The van der Waals surface area contributed by atoms with Gasteiger partial charge in [0, 0.05) is 38.3 Å². The van der Waals surface area contributed by atoms with Gasteiger partial charge < -0.3 is 20.9 Å². The number of aromatic nitrogens is 2. The number of nitrogens with one attached hydrogen (secondary N) is 1. The molecule has 4 rings (SSSR count). The number of aryl methyl sites for hydroxylation is 1. The lowest BCUT2D eigenvalue weighted by Gasteiger charge is -2.36. The predicted octanol–water partition coefficient (Wildman–Crippen LogP) is 3.77. The van der Waals surface area contributed by atoms with Crippen LogP contribution in [0.15, 0.2) is 30.3 Å². The minimum absolute atomic E-state index is 0.205. The summed E-state index contributed by atoms with van der Waals surface area (Å²) in [6.07, 6.45) is 9.21. The van der Waals surface area contributed by atoms with Crippen LogP contribution in [0.25, 0.3) is 0 Å². The van der Waals surface area contributed by atoms with Crippen molar-refractivity contribution in [2.45, 2.75) is 69.9 Å². The molecule has 3 N–H and O–H groups in total. The van der Waals surface area contributed by atoms with Gasteiger partial charge in [-0.25, -0.2) is 9.78 Å². The third-order valence-corrected chi connectivity index (χ3v) is 6.82. The molecule has 172 valence electrons. The number of urea groups is 1. The van der Waals surface area contributed by atoms with Gasteiger partial charge in [0.25, 0.3) is 0 Å². The highest BCUT2D eigenvalue weighted by Gasteiger charge is 2.28. The summed E-state index contributed by atoms with van der Waals surface area (Å²) in [6.45, 7) is 0.669. The minimum atomic E-state index is -0.314. The lowest BCUT2D eigenvalue weighted by molar-refractivity contribution is 0.162. The SMILES string of the molecule is CN(C)c1nc(N[C@H]2CC[C@@H](N(CCc3ccccc3)C(N)=O)CC2)nc2c1CCCC2. The van der Waals surface area contributed by atoms with E-state index in [4.69, 9.17) is 15.7 Å². The number of fused-ring (bicyclic) bond motifs is 1. The van der Waals surface area contributed by atoms with Crippen LogP contribution < -0.4 is 16.0 Å². The number of carbonyl (C=O) groups excluding carboxylic acids is 1. The van der Waals surface area contributed by atoms with Crippen molar-refractivity contribution < 1.29 is 4.79 Å². The van der Waals surface area contributed by atoms with Crippen molar-refractivity contribution in [3.8, 4) is 0 Å². The maximum atomic E-state index is 12.1. The van der Waals surface area contributed by atoms with Crippen LogP contribution in [0.4, 0.5) is 16.6 Å². The summed E-state index contributed by atoms with van der Waals surface area (Å²) in [4.78, 5) is 25.8. The predicted molar refractivity (Wildman–Crippen MR) is 129 cm³/mol. The van der Waals surface area contributed by atoms with Gasteiger partial charge in [-0.3, -0.25) is 0 Å². The van der Waals surface area contributed by atoms with Gasteiger partial charge in [-0.15, -0.1) is 0 Å². The fourth-order valence-corrected chi connectivity index (χ4v) is 5.09. The Balaban J connectivity index is 1.36. The second kappa shape index (κ2) is 10.2. The molecule has 2 aliphatic rings. The molecule has 2 aromatic rings. The fourth-order valence-electron chi connectivity index (χ4n) is 5.09. The number of benzene rings is 1. The number of carbonyl (C=O) groups is 1. The summed E-state index contributed by atoms with van der Waals surface area (Å²) in [5.41, 5.74) is 9.49. The Hall–Kier alpha value is -2.83. The summed E-state index contributed by atoms with van der Waals surface area (Å²) >= 11 is 0. The molecule has 1 saturated carbocycles. The Morgan fingerprint density at radius 3 is 2.47 bits per heavy atom. The highest BCUT2D eigenvalue weighted by atomic mass is 16.2. The number of nitrogens with two attached hydrogens (primary N) is 1. The Morgan fingerprint density at radius 1 is 1.06 bits per heavy atom. The number of nitrogens with zero attached hydrogens (tertiary/aromatic N) is 4. The average molecular weight is 437 g/mol. The van der Waals surface area contributed by atoms with E-state index in [1.807, 2.05) is 23.1 Å². The second-order valence-electron chi connectivity index (χ2n) is 9.31. The van der Waals surface area contributed by atoms with Gasteiger partial charge in [0.1, 0.15) is 5.82 Å². The van der Waals surface area contributed by atoms with Crippen molar-refractivity contribution in [1.29, 1.82) is 0 Å². The van der Waals surface area contributed by atoms with Crippen molar-refractivity contribution in [3.63, 3.8) is 0 Å². The van der Waals surface area contributed by atoms with Gasteiger partial charge in [-0.2, -0.15) is 4.98 Å². The molecular weight excluding hydrogens is 400 g/mol. The monoisotopic (exact) mass is 436 g/mol. The van der Waals surface area contributed by atoms with Gasteiger partial charge in [0.2, 0.25) is 5.95 Å². The molecule has 0 radical (unpaired) electrons. The van der Waals surface area contributed by atoms with Crippen LogP contribution in [-0.2, 0) is 19.3 Å². The maximum absolute atomic E-state index is 12.1. The topological polar surface area (TPSA) is 87.4 Å². The number of hydrogen-bond donors (Lipinski definition) is 2. The van der Waals surface area contributed by atoms with Crippen molar-refractivity contribution in [3.05, 3.63) is 47.2 Å². The fraction of sp³-hybridized carbons (Fsp3) is 0.560. The van der Waals surface area contributed by atoms with Crippen LogP contribution in [0.2, 0.25) is 0 Å². The first-order chi connectivity index (χ1) is 15.5. The third kappa shape index (κ3) is 5.31. The van der Waals surface area contributed by atoms with Crippen molar-refractivity contribution in [2.75, 3.05) is 30.9 Å². The summed E-state index contributed by atoms with van der Waals surface area (Å²) < 4.78 is 0. The smallest absolute Gasteiger partial charge is 0.315 e. The zero-order valence-corrected chi connectivity index (χ0v) is 19.4. The molecule has 2 aliphatic carbocycles. The van der Waals surface area contributed by atoms with Crippen LogP contribution >= 0.6 is 0 Å². The second-order valence-corrected chi connectivity index (χ2v) is 9.31. The molecule has 1 heterocycles. The van der Waals surface area contributed by atoms with Crippen molar-refractivity contribution >= 4 is 17.8 Å². The normalized spacial score (nSPS) is 20.3. The zero-order chi connectivity index (χ0) is 22.5. The number of anilines is 2. The first-order valence-corrected chi connectivity index (χ1v) is 11.9. The molecule has 0 bridgehead atoms. The van der Waals surface area contributed by atoms with Crippen LogP contribution in [-0.4, -0.2) is 53.6 Å². The van der Waals surface area contributed by atoms with Crippen molar-refractivity contribution in [2.24, 2.45) is 5.73 Å². The van der Waals surface area contributed by atoms with Gasteiger partial charge in [0.15, 0.2) is 0 Å². The molecule has 1 fully saturated rings. The minimum Gasteiger partial charge on any atom is -0.362 e. The molecule has 0 aliphatic heterocycles. The van der Waals surface area contributed by atoms with E-state index in [0.29, 0.717) is 12.6 Å². The Kier molecular flexibility index (Phi) is 7.12. The summed E-state index contributed by atoms with van der Waals surface area (Å²) in [6, 6.07) is 10.5. The molecule has 0 spiro atoms. The standard InChI is InChI=1S/C25H36N6O/c1-30(2)23-21-10-6-7-11-22(21)28-25(29-23)27-19-12-14-20(15-13-19)31(24(26)32)17-16-18-8-4-3-5-9-18/h3-5,8-9,19-20H,6-7,10-17H2,1-2H3,(H2,26,32)(H,27,28,29)/t19-,20+. The number of hydrogen-bond acceptors (Lipinski definition) is 5. The van der Waals surface area contributed by atoms with E-state index in [1.165, 1.54) is 29.7 Å². The molecule has 32 heavy (non-hydrogen) atoms. The quantitative estimate of drug-likeness (QED) is 0.690. The molecule has 0 saturated heterocycles. The average Bonchev–Trinajstić information content (AvgIpc) is 2.80. The number of rotatable bonds is 7. The third-order valence-electron chi connectivity index (χ3n) is 6.82. The van der Waals surface area contributed by atoms with E-state index in [2.05, 4.69) is 36.4 Å². The van der Waals surface area contributed by atoms with Gasteiger partial charge >= 0.3 is 6.03 Å². The first kappa shape index (κ1) is 22.4. The van der Waals surface area contributed by atoms with Crippen LogP contribution in [0.1, 0.15) is 55.3 Å². The van der Waals surface area contributed by atoms with Crippen LogP contribution in [0.5, 0.6) is 0 Å². The van der Waals surface area contributed by atoms with E-state index >= 15 is 0 Å². The molecule has 2 amide bonds. The molecule has 0 atom stereocenters. The molecule has 1 aromatic carbocycles. The highest BCUT2D eigenvalue weighted by molar-refractivity contribution is 5.72. The van der Waals surface area contributed by atoms with Gasteiger partial charge in [-0.05, 0) is 63.4 Å². The zero-order valence-electron chi connectivity index (χ0n) is 19.4. The molecule has 7 nitrogen and oxygen atoms in total. The van der Waals surface area contributed by atoms with Crippen LogP contribution in [0.3, 0.4) is 0 Å². The first-order valence-electron chi connectivity index (χ1n) is 11.9. The van der Waals surface area contributed by atoms with Gasteiger partial charge in [-0.1, -0.05) is 30.3 Å². The highest BCUT2D eigenvalue weighted by Crippen LogP contribution is 2.30. The van der Waals surface area contributed by atoms with Crippen molar-refractivity contribution in [1.82, 2.24) is 14.9 Å². The largest absolute Gasteiger partial charge is 0.362 e. The maximum Gasteiger partial charge on any atom is 0.315 e. The number of amides is 2. The lowest BCUT2D eigenvalue weighted by atomic mass is 9.90. The van der Waals surface area contributed by atoms with E-state index in [-0.39, 0.29) is 12.1 Å². The number of primary amides is 1. The lowest BCUT2D eigenvalue weighted by Crippen LogP contribution is -2.47. The summed E-state index contributed by atoms with van der Waals surface area (Å²) in [5, 5.41) is 3.59. The van der Waals surface area contributed by atoms with Crippen LogP contribution in [0, 0.1) is 0 Å². The summed E-state index contributed by atoms with van der Waals surface area (Å²) in [7, 11) is 4.11.